The van der Waals surface area contributed by atoms with Crippen molar-refractivity contribution in [1.82, 2.24) is 0 Å². The van der Waals surface area contributed by atoms with Crippen LogP contribution in [0.5, 0.6) is 0 Å². The Bertz CT molecular complexity index is 92.7. The quantitative estimate of drug-likeness (QED) is 0.404. The highest BCUT2D eigenvalue weighted by Crippen LogP contribution is 1.81. The topological polar surface area (TPSA) is 12.4 Å². The van der Waals surface area contributed by atoms with E-state index in [1.54, 1.807) is 0 Å². The maximum absolute atomic E-state index is 4.14. The predicted octanol–water partition coefficient (Wildman–Crippen LogP) is 2.43. The fourth-order valence-corrected chi connectivity index (χ4v) is 0.461. The van der Waals surface area contributed by atoms with Gasteiger partial charge in [0.25, 0.3) is 0 Å². The molecular formula is C8H15N. The molecule has 0 radical (unpaired) electrons. The van der Waals surface area contributed by atoms with Gasteiger partial charge in [-0.1, -0.05) is 25.5 Å². The van der Waals surface area contributed by atoms with Crippen LogP contribution in [-0.2, 0) is 0 Å². The molecule has 0 atom stereocenters. The second-order valence-electron chi connectivity index (χ2n) is 1.91. The van der Waals surface area contributed by atoms with E-state index in [9.17, 15) is 0 Å². The number of aliphatic imine (C=N–C) groups is 1. The number of allylic oxidation sites excluding steroid dienone is 1. The van der Waals surface area contributed by atoms with E-state index in [0.717, 1.165) is 13.0 Å². The standard InChI is InChI=1S/C8H15N/c1-3-5-7-9-8-6-4-2/h3,5,8H,4,6-7H2,1-2H3. The lowest BCUT2D eigenvalue weighted by molar-refractivity contribution is 1.00. The average molecular weight is 125 g/mol. The number of hydrogen-bond donors (Lipinski definition) is 0. The van der Waals surface area contributed by atoms with Crippen molar-refractivity contribution in [3.8, 4) is 0 Å². The lowest BCUT2D eigenvalue weighted by Gasteiger charge is -1.82. The van der Waals surface area contributed by atoms with E-state index in [2.05, 4.69) is 11.9 Å². The van der Waals surface area contributed by atoms with Gasteiger partial charge in [0.2, 0.25) is 0 Å². The first-order valence-corrected chi connectivity index (χ1v) is 3.51. The molecule has 0 amide bonds. The second kappa shape index (κ2) is 7.41. The molecule has 0 saturated heterocycles. The first kappa shape index (κ1) is 8.41. The molecule has 52 valence electrons. The Morgan fingerprint density at radius 1 is 1.44 bits per heavy atom. The van der Waals surface area contributed by atoms with Crippen molar-refractivity contribution < 1.29 is 0 Å². The zero-order chi connectivity index (χ0) is 6.95. The van der Waals surface area contributed by atoms with Crippen LogP contribution in [0.3, 0.4) is 0 Å². The molecule has 0 fully saturated rings. The molecule has 1 nitrogen and oxygen atoms in total. The van der Waals surface area contributed by atoms with E-state index in [1.165, 1.54) is 6.42 Å². The zero-order valence-electron chi connectivity index (χ0n) is 6.30. The van der Waals surface area contributed by atoms with Crippen LogP contribution in [0, 0.1) is 0 Å². The summed E-state index contributed by atoms with van der Waals surface area (Å²) in [6.45, 7) is 5.01. The van der Waals surface area contributed by atoms with E-state index < -0.39 is 0 Å². The SMILES string of the molecule is CC=CCN=CCCC. The molecule has 0 aliphatic rings. The second-order valence-corrected chi connectivity index (χ2v) is 1.91. The minimum absolute atomic E-state index is 0.844. The highest BCUT2D eigenvalue weighted by molar-refractivity contribution is 5.57. The van der Waals surface area contributed by atoms with Crippen molar-refractivity contribution in [3.05, 3.63) is 12.2 Å². The van der Waals surface area contributed by atoms with Crippen LogP contribution in [0.4, 0.5) is 0 Å². The Labute approximate surface area is 57.5 Å². The number of nitrogens with zero attached hydrogens (tertiary/aromatic N) is 1. The largest absolute Gasteiger partial charge is 0.293 e. The summed E-state index contributed by atoms with van der Waals surface area (Å²) < 4.78 is 0. The van der Waals surface area contributed by atoms with Gasteiger partial charge in [0, 0.05) is 0 Å². The molecule has 1 heteroatoms. The summed E-state index contributed by atoms with van der Waals surface area (Å²) in [5.41, 5.74) is 0. The van der Waals surface area contributed by atoms with Gasteiger partial charge in [-0.05, 0) is 19.6 Å². The van der Waals surface area contributed by atoms with Crippen molar-refractivity contribution in [2.75, 3.05) is 6.54 Å². The van der Waals surface area contributed by atoms with E-state index in [0.29, 0.717) is 0 Å². The molecule has 0 bridgehead atoms. The summed E-state index contributed by atoms with van der Waals surface area (Å²) >= 11 is 0. The molecule has 0 aromatic rings. The summed E-state index contributed by atoms with van der Waals surface area (Å²) in [6, 6.07) is 0. The third-order valence-electron chi connectivity index (χ3n) is 0.993. The van der Waals surface area contributed by atoms with E-state index in [1.807, 2.05) is 25.3 Å². The average Bonchev–Trinajstić information content (AvgIpc) is 1.89. The Balaban J connectivity index is 3.04. The summed E-state index contributed by atoms with van der Waals surface area (Å²) in [7, 11) is 0. The fourth-order valence-electron chi connectivity index (χ4n) is 0.461. The van der Waals surface area contributed by atoms with Crippen molar-refractivity contribution in [2.45, 2.75) is 26.7 Å². The van der Waals surface area contributed by atoms with Crippen molar-refractivity contribution in [1.29, 1.82) is 0 Å². The molecule has 0 aromatic carbocycles. The van der Waals surface area contributed by atoms with Crippen LogP contribution >= 0.6 is 0 Å². The molecule has 0 unspecified atom stereocenters. The minimum Gasteiger partial charge on any atom is -0.293 e. The molecule has 0 aliphatic heterocycles. The van der Waals surface area contributed by atoms with Gasteiger partial charge >= 0.3 is 0 Å². The van der Waals surface area contributed by atoms with Crippen molar-refractivity contribution in [2.24, 2.45) is 4.99 Å². The first-order valence-electron chi connectivity index (χ1n) is 3.51. The van der Waals surface area contributed by atoms with Gasteiger partial charge in [-0.2, -0.15) is 0 Å². The van der Waals surface area contributed by atoms with Crippen LogP contribution in [0.1, 0.15) is 26.7 Å². The lowest BCUT2D eigenvalue weighted by Crippen LogP contribution is -1.75. The molecule has 0 spiro atoms. The monoisotopic (exact) mass is 125 g/mol. The maximum atomic E-state index is 4.14. The summed E-state index contributed by atoms with van der Waals surface area (Å²) in [5, 5.41) is 0. The molecular weight excluding hydrogens is 110 g/mol. The Kier molecular flexibility index (Phi) is 6.92. The molecule has 0 aromatic heterocycles. The van der Waals surface area contributed by atoms with Crippen molar-refractivity contribution in [3.63, 3.8) is 0 Å². The smallest absolute Gasteiger partial charge is 0.0566 e. The number of unbranched alkanes of at least 4 members (excludes halogenated alkanes) is 1. The van der Waals surface area contributed by atoms with Crippen LogP contribution in [0.25, 0.3) is 0 Å². The fraction of sp³-hybridized carbons (Fsp3) is 0.625. The van der Waals surface area contributed by atoms with Crippen LogP contribution in [0.2, 0.25) is 0 Å². The van der Waals surface area contributed by atoms with Gasteiger partial charge in [-0.15, -0.1) is 0 Å². The van der Waals surface area contributed by atoms with Gasteiger partial charge < -0.3 is 0 Å². The van der Waals surface area contributed by atoms with Gasteiger partial charge in [0.05, 0.1) is 6.54 Å². The van der Waals surface area contributed by atoms with Gasteiger partial charge in [0.1, 0.15) is 0 Å². The summed E-state index contributed by atoms with van der Waals surface area (Å²) in [4.78, 5) is 4.14. The molecule has 0 N–H and O–H groups in total. The lowest BCUT2D eigenvalue weighted by atomic mass is 10.4. The molecule has 0 saturated carbocycles. The normalized spacial score (nSPS) is 11.8. The number of rotatable bonds is 4. The van der Waals surface area contributed by atoms with Crippen LogP contribution in [-0.4, -0.2) is 12.8 Å². The Morgan fingerprint density at radius 2 is 2.22 bits per heavy atom. The third kappa shape index (κ3) is 7.41. The van der Waals surface area contributed by atoms with E-state index >= 15 is 0 Å². The van der Waals surface area contributed by atoms with Gasteiger partial charge in [-0.25, -0.2) is 0 Å². The third-order valence-corrected chi connectivity index (χ3v) is 0.993. The summed E-state index contributed by atoms with van der Waals surface area (Å²) in [5.74, 6) is 0. The van der Waals surface area contributed by atoms with Crippen LogP contribution < -0.4 is 0 Å². The van der Waals surface area contributed by atoms with E-state index in [-0.39, 0.29) is 0 Å². The van der Waals surface area contributed by atoms with Gasteiger partial charge in [-0.3, -0.25) is 4.99 Å². The minimum atomic E-state index is 0.844. The molecule has 0 heterocycles. The predicted molar refractivity (Wildman–Crippen MR) is 43.1 cm³/mol. The Hall–Kier alpha value is -0.590. The van der Waals surface area contributed by atoms with Crippen LogP contribution in [0.15, 0.2) is 17.1 Å². The summed E-state index contributed by atoms with van der Waals surface area (Å²) in [6.07, 6.45) is 8.35. The van der Waals surface area contributed by atoms with E-state index in [4.69, 9.17) is 0 Å². The highest BCUT2D eigenvalue weighted by atomic mass is 14.7. The van der Waals surface area contributed by atoms with Crippen molar-refractivity contribution >= 4 is 6.21 Å². The maximum Gasteiger partial charge on any atom is 0.0566 e. The molecule has 0 aliphatic carbocycles. The van der Waals surface area contributed by atoms with Gasteiger partial charge in [0.15, 0.2) is 0 Å². The first-order chi connectivity index (χ1) is 4.41. The number of hydrogen-bond acceptors (Lipinski definition) is 1. The highest BCUT2D eigenvalue weighted by Gasteiger charge is 1.71. The molecule has 9 heavy (non-hydrogen) atoms. The zero-order valence-corrected chi connectivity index (χ0v) is 6.30. The Morgan fingerprint density at radius 3 is 2.78 bits per heavy atom. The molecule has 0 rings (SSSR count).